The van der Waals surface area contributed by atoms with Gasteiger partial charge >= 0.3 is 6.18 Å². The molecule has 0 fully saturated rings. The van der Waals surface area contributed by atoms with Crippen LogP contribution < -0.4 is 10.6 Å². The van der Waals surface area contributed by atoms with Crippen molar-refractivity contribution in [3.63, 3.8) is 0 Å². The van der Waals surface area contributed by atoms with Crippen LogP contribution >= 0.6 is 34.8 Å². The zero-order valence-electron chi connectivity index (χ0n) is 21.0. The number of nitrogens with zero attached hydrogens (tertiary/aromatic N) is 6. The first-order valence-corrected chi connectivity index (χ1v) is 12.6. The molecule has 210 valence electrons. The molecule has 0 aliphatic carbocycles. The van der Waals surface area contributed by atoms with E-state index in [2.05, 4.69) is 30.9 Å². The van der Waals surface area contributed by atoms with Crippen molar-refractivity contribution in [1.29, 1.82) is 0 Å². The molecule has 0 unspecified atom stereocenters. The fraction of sp³-hybridized carbons (Fsp3) is 0.250. The average Bonchev–Trinajstić information content (AvgIpc) is 3.47. The van der Waals surface area contributed by atoms with Gasteiger partial charge in [-0.05, 0) is 51.1 Å². The van der Waals surface area contributed by atoms with Gasteiger partial charge < -0.3 is 10.6 Å². The first-order valence-electron chi connectivity index (χ1n) is 11.4. The second-order valence-corrected chi connectivity index (χ2v) is 10.7. The van der Waals surface area contributed by atoms with Crippen LogP contribution in [-0.2, 0) is 12.7 Å². The number of carbonyl (C=O) groups excluding carboxylic acids is 2. The number of alkyl halides is 3. The first kappa shape index (κ1) is 29.3. The van der Waals surface area contributed by atoms with Crippen molar-refractivity contribution in [2.75, 3.05) is 5.32 Å². The Hall–Kier alpha value is -3.68. The Bertz CT molecular complexity index is 1590. The maximum Gasteiger partial charge on any atom is 0.436 e. The average molecular weight is 616 g/mol. The smallest absolute Gasteiger partial charge is 0.347 e. The van der Waals surface area contributed by atoms with Gasteiger partial charge in [0.05, 0.1) is 33.2 Å². The van der Waals surface area contributed by atoms with Crippen LogP contribution in [-0.4, -0.2) is 47.1 Å². The van der Waals surface area contributed by atoms with Crippen molar-refractivity contribution in [2.45, 2.75) is 39.0 Å². The van der Waals surface area contributed by atoms with E-state index in [-0.39, 0.29) is 50.1 Å². The summed E-state index contributed by atoms with van der Waals surface area (Å²) in [5.74, 6) is -1.25. The summed E-state index contributed by atoms with van der Waals surface area (Å²) in [4.78, 5) is 31.5. The second-order valence-electron chi connectivity index (χ2n) is 9.47. The van der Waals surface area contributed by atoms with Crippen LogP contribution in [0.4, 0.5) is 18.9 Å². The van der Waals surface area contributed by atoms with E-state index in [9.17, 15) is 22.8 Å². The molecule has 4 rings (SSSR count). The zero-order valence-corrected chi connectivity index (χ0v) is 23.3. The van der Waals surface area contributed by atoms with Crippen molar-refractivity contribution in [3.05, 3.63) is 80.4 Å². The van der Waals surface area contributed by atoms with Gasteiger partial charge in [0.15, 0.2) is 11.5 Å². The van der Waals surface area contributed by atoms with E-state index in [0.717, 1.165) is 9.48 Å². The van der Waals surface area contributed by atoms with Gasteiger partial charge in [0.25, 0.3) is 11.8 Å². The lowest BCUT2D eigenvalue weighted by Crippen LogP contribution is -2.41. The number of rotatable bonds is 6. The van der Waals surface area contributed by atoms with Crippen LogP contribution in [0.1, 0.15) is 53.0 Å². The normalized spacial score (nSPS) is 11.9. The van der Waals surface area contributed by atoms with Gasteiger partial charge in [-0.15, -0.1) is 5.10 Å². The van der Waals surface area contributed by atoms with Crippen LogP contribution in [0.5, 0.6) is 0 Å². The molecule has 0 saturated carbocycles. The third kappa shape index (κ3) is 6.72. The molecule has 3 heterocycles. The molecule has 2 amide bonds. The van der Waals surface area contributed by atoms with Crippen molar-refractivity contribution >= 4 is 52.3 Å². The van der Waals surface area contributed by atoms with Gasteiger partial charge in [-0.1, -0.05) is 34.8 Å². The van der Waals surface area contributed by atoms with Crippen LogP contribution in [0, 0.1) is 0 Å². The molecule has 1 aromatic carbocycles. The molecule has 40 heavy (non-hydrogen) atoms. The molecule has 0 atom stereocenters. The molecule has 2 N–H and O–H groups in total. The topological polar surface area (TPSA) is 120 Å². The first-order chi connectivity index (χ1) is 18.6. The van der Waals surface area contributed by atoms with E-state index in [4.69, 9.17) is 34.8 Å². The minimum Gasteiger partial charge on any atom is -0.347 e. The summed E-state index contributed by atoms with van der Waals surface area (Å²) in [7, 11) is 0. The van der Waals surface area contributed by atoms with Crippen molar-refractivity contribution in [2.24, 2.45) is 0 Å². The predicted octanol–water partition coefficient (Wildman–Crippen LogP) is 5.67. The highest BCUT2D eigenvalue weighted by atomic mass is 35.5. The van der Waals surface area contributed by atoms with E-state index in [1.807, 2.05) is 0 Å². The van der Waals surface area contributed by atoms with E-state index in [1.165, 1.54) is 30.5 Å². The molecule has 0 radical (unpaired) electrons. The summed E-state index contributed by atoms with van der Waals surface area (Å²) in [6, 6.07) is 7.09. The largest absolute Gasteiger partial charge is 0.436 e. The number of anilines is 1. The Morgan fingerprint density at radius 1 is 1.00 bits per heavy atom. The Kier molecular flexibility index (Phi) is 8.11. The molecular formula is C24H20Cl3F3N8O2. The molecular weight excluding hydrogens is 596 g/mol. The minimum absolute atomic E-state index is 0.00311. The molecule has 10 nitrogen and oxygen atoms in total. The van der Waals surface area contributed by atoms with Crippen LogP contribution in [0.3, 0.4) is 0 Å². The lowest BCUT2D eigenvalue weighted by Gasteiger charge is -2.22. The molecule has 0 aliphatic heterocycles. The summed E-state index contributed by atoms with van der Waals surface area (Å²) >= 11 is 18.8. The molecule has 16 heteroatoms. The number of aromatic nitrogens is 6. The predicted molar refractivity (Wildman–Crippen MR) is 142 cm³/mol. The molecule has 3 aromatic heterocycles. The third-order valence-corrected chi connectivity index (χ3v) is 5.90. The summed E-state index contributed by atoms with van der Waals surface area (Å²) in [5.41, 5.74) is -1.82. The van der Waals surface area contributed by atoms with Gasteiger partial charge in [-0.2, -0.15) is 28.2 Å². The lowest BCUT2D eigenvalue weighted by atomic mass is 10.1. The maximum absolute atomic E-state index is 13.6. The second kappa shape index (κ2) is 11.1. The number of hydrogen-bond donors (Lipinski definition) is 2. The number of amides is 2. The highest BCUT2D eigenvalue weighted by Gasteiger charge is 2.34. The number of hydrogen-bond acceptors (Lipinski definition) is 6. The minimum atomic E-state index is -4.68. The molecule has 0 aliphatic rings. The van der Waals surface area contributed by atoms with Gasteiger partial charge in [0.2, 0.25) is 0 Å². The Morgan fingerprint density at radius 3 is 2.35 bits per heavy atom. The fourth-order valence-electron chi connectivity index (χ4n) is 3.48. The van der Waals surface area contributed by atoms with Crippen molar-refractivity contribution in [1.82, 2.24) is 35.1 Å². The molecule has 0 bridgehead atoms. The van der Waals surface area contributed by atoms with E-state index in [1.54, 1.807) is 26.8 Å². The van der Waals surface area contributed by atoms with Gasteiger partial charge in [0.1, 0.15) is 12.2 Å². The lowest BCUT2D eigenvalue weighted by molar-refractivity contribution is -0.141. The summed E-state index contributed by atoms with van der Waals surface area (Å²) in [6.07, 6.45) is -2.69. The quantitative estimate of drug-likeness (QED) is 0.289. The van der Waals surface area contributed by atoms with Crippen LogP contribution in [0.25, 0.3) is 5.82 Å². The van der Waals surface area contributed by atoms with E-state index < -0.39 is 29.2 Å². The number of nitrogens with one attached hydrogen (secondary N) is 2. The highest BCUT2D eigenvalue weighted by molar-refractivity contribution is 6.38. The molecule has 0 spiro atoms. The number of pyridine rings is 1. The summed E-state index contributed by atoms with van der Waals surface area (Å²) in [5, 5.41) is 17.0. The number of benzene rings is 1. The number of carbonyl (C=O) groups is 2. The Morgan fingerprint density at radius 2 is 1.73 bits per heavy atom. The van der Waals surface area contributed by atoms with Crippen molar-refractivity contribution < 1.29 is 22.8 Å². The third-order valence-electron chi connectivity index (χ3n) is 5.09. The SMILES string of the molecule is CC(C)(C)NC(=O)c1cc(Cl)cc(Cl)c1NC(=O)c1cc(Cn2ncc(C(F)(F)F)n2)nn1-c1ncccc1Cl. The van der Waals surface area contributed by atoms with Gasteiger partial charge in [-0.3, -0.25) is 9.59 Å². The Balaban J connectivity index is 1.74. The van der Waals surface area contributed by atoms with E-state index >= 15 is 0 Å². The summed E-state index contributed by atoms with van der Waals surface area (Å²) < 4.78 is 40.0. The fourth-order valence-corrected chi connectivity index (χ4v) is 4.22. The van der Waals surface area contributed by atoms with Crippen LogP contribution in [0.2, 0.25) is 15.1 Å². The molecule has 4 aromatic rings. The van der Waals surface area contributed by atoms with Gasteiger partial charge in [0, 0.05) is 16.8 Å². The number of halogens is 6. The zero-order chi connectivity index (χ0) is 29.4. The molecule has 0 saturated heterocycles. The monoisotopic (exact) mass is 614 g/mol. The van der Waals surface area contributed by atoms with Gasteiger partial charge in [-0.25, -0.2) is 9.67 Å². The highest BCUT2D eigenvalue weighted by Crippen LogP contribution is 2.32. The standard InChI is InChI=1S/C24H20Cl3F3N8O2/c1-23(2,3)34-21(39)14-7-12(25)8-16(27)19(14)33-22(40)17-9-13(11-37-32-10-18(36-37)24(28,29)30)35-38(17)20-15(26)5-4-6-31-20/h4-10H,11H2,1-3H3,(H,33,40)(H,34,39). The Labute approximate surface area is 240 Å². The van der Waals surface area contributed by atoms with Crippen LogP contribution in [0.15, 0.2) is 42.7 Å². The van der Waals surface area contributed by atoms with E-state index in [0.29, 0.717) is 6.20 Å². The summed E-state index contributed by atoms with van der Waals surface area (Å²) in [6.45, 7) is 5.02. The maximum atomic E-state index is 13.6. The van der Waals surface area contributed by atoms with Crippen molar-refractivity contribution in [3.8, 4) is 5.82 Å².